The lowest BCUT2D eigenvalue weighted by molar-refractivity contribution is 0.699. The number of hydrogen-bond acceptors (Lipinski definition) is 4. The lowest BCUT2D eigenvalue weighted by Gasteiger charge is -2.14. The molecule has 0 amide bonds. The first-order valence-electron chi connectivity index (χ1n) is 9.92. The zero-order chi connectivity index (χ0) is 21.5. The fraction of sp³-hybridized carbons (Fsp3) is 0.217. The minimum Gasteiger partial charge on any atom is -0.268 e. The van der Waals surface area contributed by atoms with Gasteiger partial charge in [0.1, 0.15) is 4.83 Å². The molecule has 0 saturated carbocycles. The molecule has 2 heterocycles. The molecule has 5 rings (SSSR count). The van der Waals surface area contributed by atoms with E-state index in [0.29, 0.717) is 21.0 Å². The molecule has 4 aromatic rings. The summed E-state index contributed by atoms with van der Waals surface area (Å²) in [6.07, 6.45) is 4.28. The quantitative estimate of drug-likeness (QED) is 0.192. The van der Waals surface area contributed by atoms with Crippen molar-refractivity contribution in [3.63, 3.8) is 0 Å². The van der Waals surface area contributed by atoms with E-state index in [2.05, 4.69) is 15.9 Å². The summed E-state index contributed by atoms with van der Waals surface area (Å²) in [4.78, 5) is 20.9. The van der Waals surface area contributed by atoms with Crippen LogP contribution in [-0.2, 0) is 18.6 Å². The highest BCUT2D eigenvalue weighted by Crippen LogP contribution is 2.37. The maximum atomic E-state index is 13.8. The van der Waals surface area contributed by atoms with Crippen LogP contribution in [0.15, 0.2) is 56.9 Å². The van der Waals surface area contributed by atoms with Crippen molar-refractivity contribution in [1.29, 1.82) is 0 Å². The zero-order valence-corrected chi connectivity index (χ0v) is 21.1. The fourth-order valence-electron chi connectivity index (χ4n) is 3.91. The number of thiophene rings is 1. The van der Waals surface area contributed by atoms with Crippen LogP contribution in [0, 0.1) is 0 Å². The normalized spacial score (nSPS) is 13.5. The van der Waals surface area contributed by atoms with E-state index in [1.807, 2.05) is 42.5 Å². The maximum Gasteiger partial charge on any atom is 0.267 e. The molecule has 0 radical (unpaired) electrons. The molecule has 0 unspecified atom stereocenters. The predicted molar refractivity (Wildman–Crippen MR) is 136 cm³/mol. The Morgan fingerprint density at radius 2 is 1.77 bits per heavy atom. The molecule has 0 N–H and O–H groups in total. The van der Waals surface area contributed by atoms with Crippen molar-refractivity contribution in [2.75, 3.05) is 0 Å². The molecule has 0 fully saturated rings. The van der Waals surface area contributed by atoms with Crippen molar-refractivity contribution in [2.24, 2.45) is 0 Å². The van der Waals surface area contributed by atoms with Gasteiger partial charge in [0, 0.05) is 25.1 Å². The average Bonchev–Trinajstić information content (AvgIpc) is 3.13. The molecular formula is C23H17BrCl2N2OS2. The van der Waals surface area contributed by atoms with E-state index in [9.17, 15) is 4.79 Å². The Bertz CT molecular complexity index is 1330. The fourth-order valence-corrected chi connectivity index (χ4v) is 7.23. The summed E-state index contributed by atoms with van der Waals surface area (Å²) in [6, 6.07) is 13.2. The van der Waals surface area contributed by atoms with Gasteiger partial charge in [-0.1, -0.05) is 57.0 Å². The summed E-state index contributed by atoms with van der Waals surface area (Å²) in [7, 11) is 0. The smallest absolute Gasteiger partial charge is 0.267 e. The van der Waals surface area contributed by atoms with Gasteiger partial charge >= 0.3 is 0 Å². The van der Waals surface area contributed by atoms with Crippen LogP contribution in [0.3, 0.4) is 0 Å². The van der Waals surface area contributed by atoms with Gasteiger partial charge in [-0.3, -0.25) is 9.36 Å². The van der Waals surface area contributed by atoms with Crippen LogP contribution >= 0.6 is 62.2 Å². The second kappa shape index (κ2) is 8.91. The lowest BCUT2D eigenvalue weighted by Crippen LogP contribution is -2.22. The third kappa shape index (κ3) is 4.09. The highest BCUT2D eigenvalue weighted by atomic mass is 79.9. The van der Waals surface area contributed by atoms with Gasteiger partial charge in [0.05, 0.1) is 11.1 Å². The summed E-state index contributed by atoms with van der Waals surface area (Å²) in [5.74, 6) is 0.526. The second-order valence-corrected chi connectivity index (χ2v) is 11.1. The van der Waals surface area contributed by atoms with Gasteiger partial charge in [0.15, 0.2) is 5.16 Å². The van der Waals surface area contributed by atoms with Crippen LogP contribution in [0.1, 0.15) is 28.8 Å². The number of thioether (sulfide) groups is 1. The summed E-state index contributed by atoms with van der Waals surface area (Å²) in [5, 5.41) is 2.66. The van der Waals surface area contributed by atoms with Crippen LogP contribution in [0.2, 0.25) is 10.0 Å². The van der Waals surface area contributed by atoms with E-state index in [1.165, 1.54) is 28.6 Å². The highest BCUT2D eigenvalue weighted by molar-refractivity contribution is 9.10. The second-order valence-electron chi connectivity index (χ2n) is 7.39. The van der Waals surface area contributed by atoms with Gasteiger partial charge in [0.2, 0.25) is 0 Å². The molecule has 158 valence electrons. The Kier molecular flexibility index (Phi) is 6.19. The third-order valence-electron chi connectivity index (χ3n) is 5.45. The van der Waals surface area contributed by atoms with E-state index in [0.717, 1.165) is 45.2 Å². The lowest BCUT2D eigenvalue weighted by atomic mass is 9.97. The number of nitrogens with zero attached hydrogens (tertiary/aromatic N) is 2. The largest absolute Gasteiger partial charge is 0.268 e. The Morgan fingerprint density at radius 1 is 1.06 bits per heavy atom. The SMILES string of the molecule is O=c1c2c3c(sc2nc(SCc2c(Cl)cccc2Cl)n1-c1ccc(Br)cc1)CCCC3. The van der Waals surface area contributed by atoms with Crippen molar-refractivity contribution in [2.45, 2.75) is 36.6 Å². The van der Waals surface area contributed by atoms with Gasteiger partial charge in [-0.05, 0) is 73.2 Å². The van der Waals surface area contributed by atoms with Crippen molar-refractivity contribution >= 4 is 72.4 Å². The topological polar surface area (TPSA) is 34.9 Å². The minimum absolute atomic E-state index is 0.000483. The number of hydrogen-bond donors (Lipinski definition) is 0. The Labute approximate surface area is 206 Å². The van der Waals surface area contributed by atoms with E-state index < -0.39 is 0 Å². The molecular weight excluding hydrogens is 535 g/mol. The summed E-state index contributed by atoms with van der Waals surface area (Å²) in [6.45, 7) is 0. The van der Waals surface area contributed by atoms with Crippen LogP contribution in [0.5, 0.6) is 0 Å². The monoisotopic (exact) mass is 550 g/mol. The molecule has 0 atom stereocenters. The summed E-state index contributed by atoms with van der Waals surface area (Å²) in [5.41, 5.74) is 2.84. The number of fused-ring (bicyclic) bond motifs is 3. The van der Waals surface area contributed by atoms with Crippen LogP contribution < -0.4 is 5.56 Å². The molecule has 1 aliphatic carbocycles. The van der Waals surface area contributed by atoms with Gasteiger partial charge in [-0.25, -0.2) is 4.98 Å². The number of halogens is 3. The van der Waals surface area contributed by atoms with E-state index in [-0.39, 0.29) is 5.56 Å². The van der Waals surface area contributed by atoms with Crippen molar-refractivity contribution in [3.05, 3.63) is 83.3 Å². The number of aryl methyl sites for hydroxylation is 2. The van der Waals surface area contributed by atoms with Crippen LogP contribution in [-0.4, -0.2) is 9.55 Å². The average molecular weight is 552 g/mol. The van der Waals surface area contributed by atoms with Crippen LogP contribution in [0.4, 0.5) is 0 Å². The molecule has 0 bridgehead atoms. The molecule has 1 aliphatic rings. The number of rotatable bonds is 4. The first-order chi connectivity index (χ1) is 15.0. The van der Waals surface area contributed by atoms with Crippen molar-refractivity contribution in [3.8, 4) is 5.69 Å². The molecule has 0 spiro atoms. The minimum atomic E-state index is -0.000483. The van der Waals surface area contributed by atoms with Gasteiger partial charge in [-0.15, -0.1) is 11.3 Å². The molecule has 3 nitrogen and oxygen atoms in total. The molecule has 0 aliphatic heterocycles. The first-order valence-corrected chi connectivity index (χ1v) is 13.3. The van der Waals surface area contributed by atoms with Crippen molar-refractivity contribution < 1.29 is 0 Å². The highest BCUT2D eigenvalue weighted by Gasteiger charge is 2.23. The summed E-state index contributed by atoms with van der Waals surface area (Å²) < 4.78 is 2.69. The Morgan fingerprint density at radius 3 is 2.52 bits per heavy atom. The number of aromatic nitrogens is 2. The molecule has 0 saturated heterocycles. The van der Waals surface area contributed by atoms with Crippen LogP contribution in [0.25, 0.3) is 15.9 Å². The summed E-state index contributed by atoms with van der Waals surface area (Å²) >= 11 is 19.4. The van der Waals surface area contributed by atoms with Gasteiger partial charge in [0.25, 0.3) is 5.56 Å². The molecule has 2 aromatic heterocycles. The molecule has 2 aromatic carbocycles. The predicted octanol–water partition coefficient (Wildman–Crippen LogP) is 7.69. The van der Waals surface area contributed by atoms with E-state index in [1.54, 1.807) is 15.9 Å². The first kappa shape index (κ1) is 21.5. The Balaban J connectivity index is 1.67. The standard InChI is InChI=1S/C23H17BrCl2N2OS2/c24-13-8-10-14(11-9-13)28-22(29)20-15-4-1-2-7-19(15)31-21(20)27-23(28)30-12-16-17(25)5-3-6-18(16)26/h3,5-6,8-11H,1-2,4,7,12H2. The third-order valence-corrected chi connectivity index (χ3v) is 8.84. The van der Waals surface area contributed by atoms with Gasteiger partial charge < -0.3 is 0 Å². The molecule has 31 heavy (non-hydrogen) atoms. The van der Waals surface area contributed by atoms with Gasteiger partial charge in [-0.2, -0.15) is 0 Å². The van der Waals surface area contributed by atoms with E-state index in [4.69, 9.17) is 28.2 Å². The Hall–Kier alpha value is -1.31. The van der Waals surface area contributed by atoms with E-state index >= 15 is 0 Å². The van der Waals surface area contributed by atoms with Crippen molar-refractivity contribution in [1.82, 2.24) is 9.55 Å². The zero-order valence-electron chi connectivity index (χ0n) is 16.3. The molecule has 8 heteroatoms. The number of benzene rings is 2. The maximum absolute atomic E-state index is 13.8.